The predicted octanol–water partition coefficient (Wildman–Crippen LogP) is 4.22. The van der Waals surface area contributed by atoms with Gasteiger partial charge < -0.3 is 25.4 Å². The van der Waals surface area contributed by atoms with Crippen molar-refractivity contribution >= 4 is 50.9 Å². The summed E-state index contributed by atoms with van der Waals surface area (Å²) in [6.07, 6.45) is 0.442. The lowest BCUT2D eigenvalue weighted by atomic mass is 9.97. The van der Waals surface area contributed by atoms with E-state index in [4.69, 9.17) is 21.1 Å². The topological polar surface area (TPSA) is 121 Å². The molecule has 0 radical (unpaired) electrons. The van der Waals surface area contributed by atoms with Crippen LogP contribution in [0.15, 0.2) is 53.9 Å². The summed E-state index contributed by atoms with van der Waals surface area (Å²) < 4.78 is 13.5. The molecular formula is C30H40ClN5O5S. The summed E-state index contributed by atoms with van der Waals surface area (Å²) in [6.45, 7) is 8.13. The molecule has 4 N–H and O–H groups in total. The standard InChI is InChI=1S/C30H40ClN5O5S/c1-6-40-30(41-7-2,16-23-19-42-26-11-9-8-10-25(23)26)21(4)34-28(38)20(3)33-27(37)18-36(5)35-29(39)32-17-22-12-14-24(31)15-13-22/h8-15,19-21H,6-7,16-18H2,1-5H3,(H,33,37)(H,34,38)(H2,32,35,39)/t20-,21-/m0/s1. The third-order valence-corrected chi connectivity index (χ3v) is 7.87. The van der Waals surface area contributed by atoms with E-state index in [1.807, 2.05) is 45.0 Å². The number of carbonyl (C=O) groups is 3. The van der Waals surface area contributed by atoms with Crippen LogP contribution in [0.25, 0.3) is 10.1 Å². The van der Waals surface area contributed by atoms with Gasteiger partial charge in [-0.3, -0.25) is 15.0 Å². The molecule has 0 bridgehead atoms. The number of thiophene rings is 1. The second-order valence-electron chi connectivity index (χ2n) is 9.91. The van der Waals surface area contributed by atoms with Gasteiger partial charge in [0.1, 0.15) is 6.04 Å². The second kappa shape index (κ2) is 15.9. The van der Waals surface area contributed by atoms with Crippen LogP contribution in [-0.2, 0) is 32.0 Å². The number of halogens is 1. The molecule has 0 unspecified atom stereocenters. The predicted molar refractivity (Wildman–Crippen MR) is 166 cm³/mol. The minimum atomic E-state index is -1.10. The SMILES string of the molecule is CCOC(Cc1csc2ccccc12)(OCC)[C@H](C)NC(=O)[C@H](C)NC(=O)CN(C)NC(=O)NCc1ccc(Cl)cc1. The Labute approximate surface area is 256 Å². The first-order chi connectivity index (χ1) is 20.1. The number of hydrogen-bond donors (Lipinski definition) is 4. The molecule has 1 heterocycles. The van der Waals surface area contributed by atoms with Crippen LogP contribution < -0.4 is 21.4 Å². The number of urea groups is 1. The number of nitrogens with zero attached hydrogens (tertiary/aromatic N) is 1. The number of ether oxygens (including phenoxy) is 2. The molecule has 0 saturated heterocycles. The summed E-state index contributed by atoms with van der Waals surface area (Å²) in [5, 5.41) is 13.5. The van der Waals surface area contributed by atoms with E-state index in [-0.39, 0.29) is 12.5 Å². The minimum absolute atomic E-state index is 0.158. The van der Waals surface area contributed by atoms with E-state index < -0.39 is 29.8 Å². The lowest BCUT2D eigenvalue weighted by molar-refractivity contribution is -0.246. The van der Waals surface area contributed by atoms with E-state index in [9.17, 15) is 14.4 Å². The molecule has 42 heavy (non-hydrogen) atoms. The highest BCUT2D eigenvalue weighted by Gasteiger charge is 2.40. The lowest BCUT2D eigenvalue weighted by Crippen LogP contribution is -2.59. The average molecular weight is 618 g/mol. The molecule has 10 nitrogen and oxygen atoms in total. The quantitative estimate of drug-likeness (QED) is 0.150. The molecule has 3 rings (SSSR count). The van der Waals surface area contributed by atoms with Gasteiger partial charge in [0, 0.05) is 42.9 Å². The molecule has 4 amide bonds. The maximum Gasteiger partial charge on any atom is 0.329 e. The third-order valence-electron chi connectivity index (χ3n) is 6.60. The maximum absolute atomic E-state index is 13.1. The minimum Gasteiger partial charge on any atom is -0.348 e. The normalized spacial score (nSPS) is 13.0. The number of benzene rings is 2. The molecule has 228 valence electrons. The Hall–Kier alpha value is -3.22. The summed E-state index contributed by atoms with van der Waals surface area (Å²) in [6, 6.07) is 13.4. The maximum atomic E-state index is 13.1. The first-order valence-electron chi connectivity index (χ1n) is 13.9. The van der Waals surface area contributed by atoms with Gasteiger partial charge in [-0.15, -0.1) is 11.3 Å². The summed E-state index contributed by atoms with van der Waals surface area (Å²) in [7, 11) is 1.56. The molecule has 0 aliphatic carbocycles. The zero-order chi connectivity index (χ0) is 30.7. The van der Waals surface area contributed by atoms with Crippen molar-refractivity contribution in [2.45, 2.75) is 58.5 Å². The van der Waals surface area contributed by atoms with Gasteiger partial charge in [0.2, 0.25) is 11.8 Å². The van der Waals surface area contributed by atoms with Gasteiger partial charge in [-0.2, -0.15) is 0 Å². The number of rotatable bonds is 15. The van der Waals surface area contributed by atoms with Crippen LogP contribution in [0, 0.1) is 0 Å². The van der Waals surface area contributed by atoms with Gasteiger partial charge in [-0.25, -0.2) is 9.80 Å². The van der Waals surface area contributed by atoms with Crippen LogP contribution in [-0.4, -0.2) is 67.5 Å². The van der Waals surface area contributed by atoms with E-state index in [0.29, 0.717) is 31.2 Å². The van der Waals surface area contributed by atoms with E-state index in [1.165, 1.54) is 9.71 Å². The average Bonchev–Trinajstić information content (AvgIpc) is 3.35. The summed E-state index contributed by atoms with van der Waals surface area (Å²) in [5.74, 6) is -1.92. The largest absolute Gasteiger partial charge is 0.348 e. The Kier molecular flexibility index (Phi) is 12.6. The Morgan fingerprint density at radius 2 is 1.67 bits per heavy atom. The number of likely N-dealkylation sites (N-methyl/N-ethyl adjacent to an activating group) is 1. The summed E-state index contributed by atoms with van der Waals surface area (Å²) >= 11 is 7.53. The van der Waals surface area contributed by atoms with Gasteiger partial charge in [-0.1, -0.05) is 41.9 Å². The fourth-order valence-electron chi connectivity index (χ4n) is 4.52. The molecule has 0 aliphatic heterocycles. The van der Waals surface area contributed by atoms with Crippen molar-refractivity contribution < 1.29 is 23.9 Å². The highest BCUT2D eigenvalue weighted by Crippen LogP contribution is 2.32. The number of fused-ring (bicyclic) bond motifs is 1. The number of nitrogens with one attached hydrogen (secondary N) is 4. The van der Waals surface area contributed by atoms with Crippen molar-refractivity contribution in [3.63, 3.8) is 0 Å². The van der Waals surface area contributed by atoms with Gasteiger partial charge in [0.15, 0.2) is 5.79 Å². The molecule has 1 aromatic heterocycles. The van der Waals surface area contributed by atoms with Crippen LogP contribution in [0.4, 0.5) is 4.79 Å². The smallest absolute Gasteiger partial charge is 0.329 e. The van der Waals surface area contributed by atoms with Gasteiger partial charge in [0.25, 0.3) is 0 Å². The lowest BCUT2D eigenvalue weighted by Gasteiger charge is -2.39. The Morgan fingerprint density at radius 1 is 1.00 bits per heavy atom. The molecule has 0 saturated carbocycles. The third kappa shape index (κ3) is 9.40. The number of hydrazine groups is 1. The molecule has 2 aromatic carbocycles. The van der Waals surface area contributed by atoms with Crippen molar-refractivity contribution in [3.05, 3.63) is 70.1 Å². The highest BCUT2D eigenvalue weighted by atomic mass is 35.5. The summed E-state index contributed by atoms with van der Waals surface area (Å²) in [4.78, 5) is 38.0. The first-order valence-corrected chi connectivity index (χ1v) is 15.2. The van der Waals surface area contributed by atoms with Crippen molar-refractivity contribution in [2.24, 2.45) is 0 Å². The van der Waals surface area contributed by atoms with Gasteiger partial charge in [-0.05, 0) is 67.8 Å². The van der Waals surface area contributed by atoms with E-state index >= 15 is 0 Å². The van der Waals surface area contributed by atoms with E-state index in [0.717, 1.165) is 16.5 Å². The van der Waals surface area contributed by atoms with Crippen molar-refractivity contribution in [3.8, 4) is 0 Å². The fraction of sp³-hybridized carbons (Fsp3) is 0.433. The molecule has 0 aliphatic rings. The van der Waals surface area contributed by atoms with Crippen LogP contribution >= 0.6 is 22.9 Å². The van der Waals surface area contributed by atoms with Crippen molar-refractivity contribution in [1.82, 2.24) is 26.4 Å². The van der Waals surface area contributed by atoms with Crippen molar-refractivity contribution in [2.75, 3.05) is 26.8 Å². The van der Waals surface area contributed by atoms with Crippen LogP contribution in [0.3, 0.4) is 0 Å². The highest BCUT2D eigenvalue weighted by molar-refractivity contribution is 7.17. The molecule has 2 atom stereocenters. The van der Waals surface area contributed by atoms with Gasteiger partial charge >= 0.3 is 6.03 Å². The number of hydrogen-bond acceptors (Lipinski definition) is 7. The zero-order valence-corrected chi connectivity index (χ0v) is 26.2. The molecule has 0 spiro atoms. The monoisotopic (exact) mass is 617 g/mol. The Balaban J connectivity index is 1.53. The van der Waals surface area contributed by atoms with Crippen LogP contribution in [0.1, 0.15) is 38.8 Å². The number of carbonyl (C=O) groups excluding carboxylic acids is 3. The Bertz CT molecular complexity index is 1330. The first kappa shape index (κ1) is 33.3. The Morgan fingerprint density at radius 3 is 2.33 bits per heavy atom. The zero-order valence-electron chi connectivity index (χ0n) is 24.7. The van der Waals surface area contributed by atoms with Crippen LogP contribution in [0.5, 0.6) is 0 Å². The van der Waals surface area contributed by atoms with E-state index in [2.05, 4.69) is 38.9 Å². The van der Waals surface area contributed by atoms with Crippen LogP contribution in [0.2, 0.25) is 5.02 Å². The second-order valence-corrected chi connectivity index (χ2v) is 11.3. The molecule has 12 heteroatoms. The fourth-order valence-corrected chi connectivity index (χ4v) is 5.61. The molecule has 0 fully saturated rings. The van der Waals surface area contributed by atoms with Crippen molar-refractivity contribution in [1.29, 1.82) is 0 Å². The van der Waals surface area contributed by atoms with E-state index in [1.54, 1.807) is 37.4 Å². The molecule has 3 aromatic rings. The molecular weight excluding hydrogens is 578 g/mol. The van der Waals surface area contributed by atoms with Gasteiger partial charge in [0.05, 0.1) is 12.6 Å². The summed E-state index contributed by atoms with van der Waals surface area (Å²) in [5.41, 5.74) is 4.53. The number of amides is 4.